The molecule has 0 saturated heterocycles. The van der Waals surface area contributed by atoms with Gasteiger partial charge in [0, 0.05) is 23.7 Å². The molecule has 2 aromatic rings. The van der Waals surface area contributed by atoms with Gasteiger partial charge in [-0.15, -0.1) is 0 Å². The van der Waals surface area contributed by atoms with E-state index in [0.717, 1.165) is 6.61 Å². The number of nitrogens with zero attached hydrogens (tertiary/aromatic N) is 1. The summed E-state index contributed by atoms with van der Waals surface area (Å²) in [5, 5.41) is 1.31. The number of hydrogen-bond acceptors (Lipinski definition) is 1. The van der Waals surface area contributed by atoms with Crippen LogP contribution in [0.25, 0.3) is 10.9 Å². The monoisotopic (exact) mass is 231 g/mol. The van der Waals surface area contributed by atoms with Gasteiger partial charge in [0.05, 0.1) is 12.1 Å². The molecule has 0 atom stereocenters. The number of benzene rings is 1. The van der Waals surface area contributed by atoms with Crippen LogP contribution >= 0.6 is 0 Å². The van der Waals surface area contributed by atoms with Gasteiger partial charge in [0.2, 0.25) is 0 Å². The first kappa shape index (κ1) is 12.2. The largest absolute Gasteiger partial charge is 0.376 e. The summed E-state index contributed by atoms with van der Waals surface area (Å²) in [6, 6.07) is 9.18. The molecular formula is C15H21NO. The molecule has 0 aliphatic heterocycles. The van der Waals surface area contributed by atoms with Gasteiger partial charge in [-0.3, -0.25) is 0 Å². The average molecular weight is 231 g/mol. The van der Waals surface area contributed by atoms with Gasteiger partial charge >= 0.3 is 0 Å². The number of aryl methyl sites for hydroxylation is 1. The molecule has 0 saturated carbocycles. The summed E-state index contributed by atoms with van der Waals surface area (Å²) in [6.07, 6.45) is 0. The average Bonchev–Trinajstić information content (AvgIpc) is 2.66. The lowest BCUT2D eigenvalue weighted by Gasteiger charge is -2.15. The normalized spacial score (nSPS) is 11.6. The van der Waals surface area contributed by atoms with E-state index < -0.39 is 0 Å². The minimum atomic E-state index is 0.462. The van der Waals surface area contributed by atoms with E-state index in [1.807, 2.05) is 6.92 Å². The highest BCUT2D eigenvalue weighted by Gasteiger charge is 2.12. The Balaban J connectivity index is 2.59. The van der Waals surface area contributed by atoms with Crippen molar-refractivity contribution in [2.75, 3.05) is 6.61 Å². The third kappa shape index (κ3) is 2.22. The van der Waals surface area contributed by atoms with E-state index in [2.05, 4.69) is 49.6 Å². The molecule has 0 aliphatic rings. The predicted octanol–water partition coefficient (Wildman–Crippen LogP) is 4.07. The van der Waals surface area contributed by atoms with Crippen LogP contribution in [0.5, 0.6) is 0 Å². The van der Waals surface area contributed by atoms with Crippen molar-refractivity contribution in [3.05, 3.63) is 35.5 Å². The van der Waals surface area contributed by atoms with Crippen molar-refractivity contribution >= 4 is 10.9 Å². The molecule has 2 heteroatoms. The van der Waals surface area contributed by atoms with Gasteiger partial charge in [0.15, 0.2) is 0 Å². The molecule has 1 aromatic carbocycles. The first-order valence-electron chi connectivity index (χ1n) is 6.32. The van der Waals surface area contributed by atoms with Crippen LogP contribution in [0.2, 0.25) is 0 Å². The molecule has 1 heterocycles. The Bertz CT molecular complexity index is 511. The van der Waals surface area contributed by atoms with Crippen LogP contribution in [0.15, 0.2) is 24.3 Å². The second kappa shape index (κ2) is 4.92. The van der Waals surface area contributed by atoms with Crippen LogP contribution in [0, 0.1) is 6.92 Å². The van der Waals surface area contributed by atoms with E-state index in [-0.39, 0.29) is 0 Å². The maximum atomic E-state index is 5.56. The first-order chi connectivity index (χ1) is 8.15. The molecule has 0 spiro atoms. The van der Waals surface area contributed by atoms with Crippen LogP contribution < -0.4 is 0 Å². The lowest BCUT2D eigenvalue weighted by molar-refractivity contribution is 0.128. The SMILES string of the molecule is CCOCc1cc2cccc(C)c2n1C(C)C. The molecule has 0 aliphatic carbocycles. The fourth-order valence-corrected chi connectivity index (χ4v) is 2.43. The van der Waals surface area contributed by atoms with E-state index in [1.165, 1.54) is 22.2 Å². The maximum Gasteiger partial charge on any atom is 0.0868 e. The third-order valence-corrected chi connectivity index (χ3v) is 3.11. The standard InChI is InChI=1S/C15H21NO/c1-5-17-10-14-9-13-8-6-7-12(4)15(13)16(14)11(2)3/h6-9,11H,5,10H2,1-4H3. The highest BCUT2D eigenvalue weighted by Crippen LogP contribution is 2.27. The Morgan fingerprint density at radius 3 is 2.71 bits per heavy atom. The summed E-state index contributed by atoms with van der Waals surface area (Å²) in [4.78, 5) is 0. The second-order valence-electron chi connectivity index (χ2n) is 4.75. The predicted molar refractivity (Wildman–Crippen MR) is 72.4 cm³/mol. The van der Waals surface area contributed by atoms with Gasteiger partial charge in [0.25, 0.3) is 0 Å². The molecule has 2 nitrogen and oxygen atoms in total. The molecule has 0 radical (unpaired) electrons. The Labute approximate surface area is 103 Å². The van der Waals surface area contributed by atoms with Gasteiger partial charge in [-0.2, -0.15) is 0 Å². The lowest BCUT2D eigenvalue weighted by Crippen LogP contribution is -2.07. The van der Waals surface area contributed by atoms with Crippen LogP contribution in [0.3, 0.4) is 0 Å². The Hall–Kier alpha value is -1.28. The van der Waals surface area contributed by atoms with Gasteiger partial charge in [-0.05, 0) is 39.3 Å². The fourth-order valence-electron chi connectivity index (χ4n) is 2.43. The van der Waals surface area contributed by atoms with E-state index in [0.29, 0.717) is 12.6 Å². The Kier molecular flexibility index (Phi) is 3.53. The van der Waals surface area contributed by atoms with Crippen molar-refractivity contribution in [3.8, 4) is 0 Å². The summed E-state index contributed by atoms with van der Waals surface area (Å²) in [7, 11) is 0. The van der Waals surface area contributed by atoms with Crippen molar-refractivity contribution < 1.29 is 4.74 Å². The molecule has 0 fully saturated rings. The molecule has 0 bridgehead atoms. The van der Waals surface area contributed by atoms with E-state index >= 15 is 0 Å². The fraction of sp³-hybridized carbons (Fsp3) is 0.467. The quantitative estimate of drug-likeness (QED) is 0.773. The van der Waals surface area contributed by atoms with Crippen LogP contribution in [-0.2, 0) is 11.3 Å². The third-order valence-electron chi connectivity index (χ3n) is 3.11. The minimum Gasteiger partial charge on any atom is -0.376 e. The minimum absolute atomic E-state index is 0.462. The van der Waals surface area contributed by atoms with Crippen molar-refractivity contribution in [3.63, 3.8) is 0 Å². The smallest absolute Gasteiger partial charge is 0.0868 e. The number of fused-ring (bicyclic) bond motifs is 1. The molecule has 17 heavy (non-hydrogen) atoms. The number of rotatable bonds is 4. The summed E-state index contributed by atoms with van der Waals surface area (Å²) >= 11 is 0. The Morgan fingerprint density at radius 2 is 2.06 bits per heavy atom. The molecule has 0 amide bonds. The van der Waals surface area contributed by atoms with E-state index in [9.17, 15) is 0 Å². The molecular weight excluding hydrogens is 210 g/mol. The lowest BCUT2D eigenvalue weighted by atomic mass is 10.1. The zero-order chi connectivity index (χ0) is 12.4. The number of para-hydroxylation sites is 1. The molecule has 1 aromatic heterocycles. The van der Waals surface area contributed by atoms with Gasteiger partial charge in [-0.25, -0.2) is 0 Å². The number of hydrogen-bond donors (Lipinski definition) is 0. The van der Waals surface area contributed by atoms with Crippen molar-refractivity contribution in [1.29, 1.82) is 0 Å². The second-order valence-corrected chi connectivity index (χ2v) is 4.75. The van der Waals surface area contributed by atoms with Gasteiger partial charge in [0.1, 0.15) is 0 Å². The van der Waals surface area contributed by atoms with Crippen molar-refractivity contribution in [2.24, 2.45) is 0 Å². The summed E-state index contributed by atoms with van der Waals surface area (Å²) in [6.45, 7) is 10.1. The first-order valence-corrected chi connectivity index (χ1v) is 6.32. The molecule has 0 N–H and O–H groups in total. The zero-order valence-corrected chi connectivity index (χ0v) is 11.2. The number of aromatic nitrogens is 1. The van der Waals surface area contributed by atoms with Crippen molar-refractivity contribution in [1.82, 2.24) is 4.57 Å². The topological polar surface area (TPSA) is 14.2 Å². The summed E-state index contributed by atoms with van der Waals surface area (Å²) in [5.41, 5.74) is 3.95. The van der Waals surface area contributed by atoms with E-state index in [1.54, 1.807) is 0 Å². The van der Waals surface area contributed by atoms with Crippen molar-refractivity contribution in [2.45, 2.75) is 40.3 Å². The van der Waals surface area contributed by atoms with Gasteiger partial charge < -0.3 is 9.30 Å². The summed E-state index contributed by atoms with van der Waals surface area (Å²) < 4.78 is 7.95. The highest BCUT2D eigenvalue weighted by molar-refractivity contribution is 5.84. The van der Waals surface area contributed by atoms with E-state index in [4.69, 9.17) is 4.74 Å². The molecule has 92 valence electrons. The molecule has 0 unspecified atom stereocenters. The van der Waals surface area contributed by atoms with Crippen LogP contribution in [0.1, 0.15) is 38.1 Å². The Morgan fingerprint density at radius 1 is 1.29 bits per heavy atom. The molecule has 2 rings (SSSR count). The zero-order valence-electron chi connectivity index (χ0n) is 11.2. The summed E-state index contributed by atoms with van der Waals surface area (Å²) in [5.74, 6) is 0. The highest BCUT2D eigenvalue weighted by atomic mass is 16.5. The van der Waals surface area contributed by atoms with Crippen LogP contribution in [-0.4, -0.2) is 11.2 Å². The van der Waals surface area contributed by atoms with Crippen LogP contribution in [0.4, 0.5) is 0 Å². The number of ether oxygens (including phenoxy) is 1. The van der Waals surface area contributed by atoms with Gasteiger partial charge in [-0.1, -0.05) is 18.2 Å². The maximum absolute atomic E-state index is 5.56.